The maximum atomic E-state index is 14.2. The molecule has 10 heteroatoms. The molecule has 0 saturated heterocycles. The Morgan fingerprint density at radius 1 is 1.03 bits per heavy atom. The molecule has 1 aliphatic rings. The van der Waals surface area contributed by atoms with Gasteiger partial charge in [-0.05, 0) is 61.7 Å². The van der Waals surface area contributed by atoms with Gasteiger partial charge in [0.15, 0.2) is 0 Å². The average Bonchev–Trinajstić information content (AvgIpc) is 2.82. The van der Waals surface area contributed by atoms with Gasteiger partial charge in [-0.3, -0.25) is 14.4 Å². The minimum absolute atomic E-state index is 0.0932. The Morgan fingerprint density at radius 3 is 2.29 bits per heavy atom. The van der Waals surface area contributed by atoms with Gasteiger partial charge in [-0.25, -0.2) is 13.2 Å². The molecule has 0 aliphatic carbocycles. The molecule has 0 saturated carbocycles. The Bertz CT molecular complexity index is 1100. The molecule has 1 unspecified atom stereocenters. The fourth-order valence-electron chi connectivity index (χ4n) is 4.02. The number of benzene rings is 2. The topological polar surface area (TPSA) is 90.5 Å². The quantitative estimate of drug-likeness (QED) is 0.557. The molecule has 0 aromatic heterocycles. The van der Waals surface area contributed by atoms with E-state index in [1.165, 1.54) is 17.0 Å². The van der Waals surface area contributed by atoms with Crippen molar-refractivity contribution in [1.82, 2.24) is 15.5 Å². The van der Waals surface area contributed by atoms with Crippen LogP contribution < -0.4 is 16.0 Å². The van der Waals surface area contributed by atoms with Crippen LogP contribution in [0.2, 0.25) is 0 Å². The summed E-state index contributed by atoms with van der Waals surface area (Å²) < 4.78 is 42.6. The second-order valence-electron chi connectivity index (χ2n) is 8.85. The summed E-state index contributed by atoms with van der Waals surface area (Å²) in [5.41, 5.74) is 0.194. The molecule has 3 amide bonds. The Morgan fingerprint density at radius 2 is 1.69 bits per heavy atom. The van der Waals surface area contributed by atoms with E-state index in [-0.39, 0.29) is 18.0 Å². The fraction of sp³-hybridized carbons (Fsp3) is 0.400. The average molecular weight is 491 g/mol. The normalized spacial score (nSPS) is 16.9. The van der Waals surface area contributed by atoms with Gasteiger partial charge in [0.1, 0.15) is 35.2 Å². The number of rotatable bonds is 7. The zero-order valence-corrected chi connectivity index (χ0v) is 20.0. The zero-order chi connectivity index (χ0) is 25.9. The summed E-state index contributed by atoms with van der Waals surface area (Å²) >= 11 is 0. The fourth-order valence-corrected chi connectivity index (χ4v) is 4.02. The second-order valence-corrected chi connectivity index (χ2v) is 8.85. The molecule has 2 aromatic carbocycles. The monoisotopic (exact) mass is 490 g/mol. The first-order chi connectivity index (χ1) is 16.5. The molecule has 3 rings (SSSR count). The van der Waals surface area contributed by atoms with Gasteiger partial charge in [-0.2, -0.15) is 0 Å². The van der Waals surface area contributed by atoms with Crippen LogP contribution in [0.3, 0.4) is 0 Å². The molecule has 0 spiro atoms. The number of anilines is 1. The minimum Gasteiger partial charge on any atom is -0.343 e. The Balaban J connectivity index is 2.00. The smallest absolute Gasteiger partial charge is 0.251 e. The third kappa shape index (κ3) is 5.64. The van der Waals surface area contributed by atoms with E-state index < -0.39 is 59.0 Å². The summed E-state index contributed by atoms with van der Waals surface area (Å²) in [6.07, 6.45) is 0.338. The summed E-state index contributed by atoms with van der Waals surface area (Å²) in [5, 5.41) is 7.73. The van der Waals surface area contributed by atoms with E-state index in [1.807, 2.05) is 0 Å². The standard InChI is InChI=1S/C25H29F3N4O3/c1-13(2)20(30-23(33)14(3)29-4)25(35)32-11-10-15-8-9-16(26)12-17(15)22(32)24(34)31-21-18(27)6-5-7-19(21)28/h5-9,12-14,20,22,29H,10-11H2,1-4H3,(H,30,33)(H,31,34)/t14-,20-,22?/m0/s1. The Hall–Kier alpha value is -3.40. The predicted molar refractivity (Wildman–Crippen MR) is 125 cm³/mol. The van der Waals surface area contributed by atoms with E-state index >= 15 is 0 Å². The molecule has 2 aromatic rings. The Labute approximate surface area is 202 Å². The van der Waals surface area contributed by atoms with Crippen molar-refractivity contribution in [2.75, 3.05) is 18.9 Å². The molecule has 188 valence electrons. The summed E-state index contributed by atoms with van der Waals surface area (Å²) in [6.45, 7) is 5.22. The first kappa shape index (κ1) is 26.2. The number of carbonyl (C=O) groups is 3. The van der Waals surface area contributed by atoms with Crippen LogP contribution in [0.1, 0.15) is 37.9 Å². The lowest BCUT2D eigenvalue weighted by atomic mass is 9.90. The number of likely N-dealkylation sites (N-methyl/N-ethyl adjacent to an activating group) is 1. The molecule has 7 nitrogen and oxygen atoms in total. The van der Waals surface area contributed by atoms with E-state index in [1.54, 1.807) is 27.8 Å². The first-order valence-electron chi connectivity index (χ1n) is 11.4. The van der Waals surface area contributed by atoms with Crippen LogP contribution in [-0.4, -0.2) is 48.3 Å². The van der Waals surface area contributed by atoms with Crippen LogP contribution in [0.15, 0.2) is 36.4 Å². The maximum Gasteiger partial charge on any atom is 0.251 e. The van der Waals surface area contributed by atoms with Crippen LogP contribution >= 0.6 is 0 Å². The first-order valence-corrected chi connectivity index (χ1v) is 11.4. The van der Waals surface area contributed by atoms with Crippen LogP contribution in [0, 0.1) is 23.4 Å². The lowest BCUT2D eigenvalue weighted by Crippen LogP contribution is -2.57. The molecule has 35 heavy (non-hydrogen) atoms. The van der Waals surface area contributed by atoms with E-state index in [2.05, 4.69) is 16.0 Å². The van der Waals surface area contributed by atoms with Crippen LogP contribution in [-0.2, 0) is 20.8 Å². The van der Waals surface area contributed by atoms with E-state index in [0.717, 1.165) is 24.3 Å². The van der Waals surface area contributed by atoms with E-state index in [9.17, 15) is 27.6 Å². The molecule has 3 N–H and O–H groups in total. The van der Waals surface area contributed by atoms with Crippen LogP contribution in [0.25, 0.3) is 0 Å². The van der Waals surface area contributed by atoms with Crippen molar-refractivity contribution in [2.24, 2.45) is 5.92 Å². The number of carbonyl (C=O) groups excluding carboxylic acids is 3. The molecular formula is C25H29F3N4O3. The van der Waals surface area contributed by atoms with Crippen molar-refractivity contribution in [3.63, 3.8) is 0 Å². The molecule has 1 heterocycles. The van der Waals surface area contributed by atoms with Gasteiger partial charge in [0, 0.05) is 6.54 Å². The van der Waals surface area contributed by atoms with Crippen molar-refractivity contribution < 1.29 is 27.6 Å². The summed E-state index contributed by atoms with van der Waals surface area (Å²) in [5.74, 6) is -4.79. The molecular weight excluding hydrogens is 461 g/mol. The van der Waals surface area contributed by atoms with Crippen molar-refractivity contribution in [1.29, 1.82) is 0 Å². The molecule has 0 fully saturated rings. The largest absolute Gasteiger partial charge is 0.343 e. The zero-order valence-electron chi connectivity index (χ0n) is 20.0. The van der Waals surface area contributed by atoms with Gasteiger partial charge in [-0.15, -0.1) is 0 Å². The highest BCUT2D eigenvalue weighted by atomic mass is 19.1. The Kier molecular flexibility index (Phi) is 8.16. The van der Waals surface area contributed by atoms with Crippen LogP contribution in [0.5, 0.6) is 0 Å². The van der Waals surface area contributed by atoms with Gasteiger partial charge in [-0.1, -0.05) is 26.0 Å². The highest BCUT2D eigenvalue weighted by molar-refractivity contribution is 6.00. The molecule has 0 radical (unpaired) electrons. The van der Waals surface area contributed by atoms with Crippen LogP contribution in [0.4, 0.5) is 18.9 Å². The lowest BCUT2D eigenvalue weighted by molar-refractivity contribution is -0.144. The van der Waals surface area contributed by atoms with Crippen molar-refractivity contribution >= 4 is 23.4 Å². The number of nitrogens with zero attached hydrogens (tertiary/aromatic N) is 1. The molecule has 1 aliphatic heterocycles. The molecule has 3 atom stereocenters. The summed E-state index contributed by atoms with van der Waals surface area (Å²) in [4.78, 5) is 40.7. The number of halogens is 3. The molecule has 0 bridgehead atoms. The van der Waals surface area contributed by atoms with Crippen molar-refractivity contribution in [3.8, 4) is 0 Å². The number of amides is 3. The van der Waals surface area contributed by atoms with Crippen molar-refractivity contribution in [2.45, 2.75) is 45.3 Å². The van der Waals surface area contributed by atoms with Gasteiger partial charge >= 0.3 is 0 Å². The third-order valence-electron chi connectivity index (χ3n) is 6.14. The van der Waals surface area contributed by atoms with Gasteiger partial charge in [0.2, 0.25) is 11.8 Å². The second kappa shape index (κ2) is 10.9. The number of hydrogen-bond donors (Lipinski definition) is 3. The lowest BCUT2D eigenvalue weighted by Gasteiger charge is -2.39. The summed E-state index contributed by atoms with van der Waals surface area (Å²) in [6, 6.07) is 4.14. The van der Waals surface area contributed by atoms with Gasteiger partial charge in [0.05, 0.1) is 6.04 Å². The maximum absolute atomic E-state index is 14.2. The third-order valence-corrected chi connectivity index (χ3v) is 6.14. The summed E-state index contributed by atoms with van der Waals surface area (Å²) in [7, 11) is 1.61. The number of para-hydroxylation sites is 1. The number of nitrogens with one attached hydrogen (secondary N) is 3. The number of hydrogen-bond acceptors (Lipinski definition) is 4. The minimum atomic E-state index is -1.36. The predicted octanol–water partition coefficient (Wildman–Crippen LogP) is 2.92. The van der Waals surface area contributed by atoms with Crippen molar-refractivity contribution in [3.05, 3.63) is 65.0 Å². The number of fused-ring (bicyclic) bond motifs is 1. The SMILES string of the molecule is CN[C@@H](C)C(=O)N[C@H](C(=O)N1CCc2ccc(F)cc2C1C(=O)Nc1c(F)cccc1F)C(C)C. The highest BCUT2D eigenvalue weighted by Gasteiger charge is 2.40. The van der Waals surface area contributed by atoms with Gasteiger partial charge in [0.25, 0.3) is 5.91 Å². The van der Waals surface area contributed by atoms with E-state index in [0.29, 0.717) is 12.0 Å². The van der Waals surface area contributed by atoms with Gasteiger partial charge < -0.3 is 20.9 Å². The van der Waals surface area contributed by atoms with E-state index in [4.69, 9.17) is 0 Å². The highest BCUT2D eigenvalue weighted by Crippen LogP contribution is 2.33.